The zero-order chi connectivity index (χ0) is 28.9. The highest BCUT2D eigenvalue weighted by Crippen LogP contribution is 2.49. The molecule has 2 aliphatic heterocycles. The number of ether oxygens (including phenoxy) is 2. The third-order valence-corrected chi connectivity index (χ3v) is 7.32. The standard InChI is InChI=1S/C19H25N8O12P/c20-8-1-2-26(19(33)23-8)17-12(31)13(6(3-28)37-17)39-40(34,35)36-4-7-10(29)11(30)16(38-7)27-5-22-9-14(27)24-18(21)25-15(9)32/h1-2,5-7,10-13,16-17,28-31H,3-4H2,(H,34,35)(H2,20,23,33)(H3,21,24,25,32). The van der Waals surface area contributed by atoms with Crippen molar-refractivity contribution in [3.8, 4) is 0 Å². The maximum atomic E-state index is 12.7. The molecule has 0 radical (unpaired) electrons. The fourth-order valence-electron chi connectivity index (χ4n) is 4.42. The van der Waals surface area contributed by atoms with E-state index in [0.717, 1.165) is 15.5 Å². The van der Waals surface area contributed by atoms with Gasteiger partial charge in [0.15, 0.2) is 23.6 Å². The number of aliphatic hydroxyl groups is 4. The van der Waals surface area contributed by atoms with Gasteiger partial charge in [-0.05, 0) is 6.07 Å². The quantitative estimate of drug-likeness (QED) is 0.116. The van der Waals surface area contributed by atoms with E-state index in [2.05, 4.69) is 19.9 Å². The van der Waals surface area contributed by atoms with Crippen LogP contribution in [0.5, 0.6) is 0 Å². The van der Waals surface area contributed by atoms with Crippen LogP contribution in [0.15, 0.2) is 28.2 Å². The highest BCUT2D eigenvalue weighted by atomic mass is 31.2. The van der Waals surface area contributed by atoms with E-state index >= 15 is 0 Å². The number of hydrogen-bond acceptors (Lipinski definition) is 16. The molecule has 9 unspecified atom stereocenters. The lowest BCUT2D eigenvalue weighted by atomic mass is 10.1. The number of aromatic nitrogens is 6. The van der Waals surface area contributed by atoms with Gasteiger partial charge in [-0.2, -0.15) is 9.97 Å². The number of fused-ring (bicyclic) bond motifs is 1. The number of imidazole rings is 1. The molecule has 0 spiro atoms. The highest BCUT2D eigenvalue weighted by Gasteiger charge is 2.50. The molecule has 21 heteroatoms. The molecule has 20 nitrogen and oxygen atoms in total. The summed E-state index contributed by atoms with van der Waals surface area (Å²) in [4.78, 5) is 48.1. The van der Waals surface area contributed by atoms with Crippen molar-refractivity contribution < 1.29 is 48.4 Å². The largest absolute Gasteiger partial charge is 0.472 e. The molecule has 0 aromatic carbocycles. The Labute approximate surface area is 222 Å². The summed E-state index contributed by atoms with van der Waals surface area (Å²) >= 11 is 0. The fraction of sp³-hybridized carbons (Fsp3) is 0.526. The van der Waals surface area contributed by atoms with Crippen molar-refractivity contribution in [3.63, 3.8) is 0 Å². The van der Waals surface area contributed by atoms with Crippen LogP contribution in [0.25, 0.3) is 11.2 Å². The van der Waals surface area contributed by atoms with Gasteiger partial charge in [-0.3, -0.25) is 28.0 Å². The lowest BCUT2D eigenvalue weighted by molar-refractivity contribution is -0.0594. The van der Waals surface area contributed by atoms with Crippen molar-refractivity contribution in [3.05, 3.63) is 39.4 Å². The number of nitrogens with two attached hydrogens (primary N) is 2. The molecule has 2 fully saturated rings. The first-order chi connectivity index (χ1) is 18.9. The molecule has 2 saturated heterocycles. The lowest BCUT2D eigenvalue weighted by Crippen LogP contribution is -2.38. The minimum absolute atomic E-state index is 0.0505. The van der Waals surface area contributed by atoms with Gasteiger partial charge >= 0.3 is 13.5 Å². The zero-order valence-electron chi connectivity index (χ0n) is 20.2. The number of hydrogen-bond donors (Lipinski definition) is 8. The molecule has 2 aliphatic rings. The molecule has 218 valence electrons. The fourth-order valence-corrected chi connectivity index (χ4v) is 5.39. The first kappa shape index (κ1) is 28.2. The van der Waals surface area contributed by atoms with Crippen molar-refractivity contribution in [2.45, 2.75) is 49.1 Å². The third-order valence-electron chi connectivity index (χ3n) is 6.33. The average molecular weight is 588 g/mol. The molecule has 3 aromatic rings. The summed E-state index contributed by atoms with van der Waals surface area (Å²) < 4.78 is 35.7. The van der Waals surface area contributed by atoms with Gasteiger partial charge in [0.2, 0.25) is 5.95 Å². The summed E-state index contributed by atoms with van der Waals surface area (Å²) in [6.07, 6.45) is -9.84. The zero-order valence-corrected chi connectivity index (χ0v) is 21.1. The van der Waals surface area contributed by atoms with Crippen molar-refractivity contribution in [1.82, 2.24) is 29.1 Å². The second-order valence-electron chi connectivity index (χ2n) is 8.94. The van der Waals surface area contributed by atoms with Gasteiger partial charge in [-0.1, -0.05) is 0 Å². The normalized spacial score (nSPS) is 32.0. The van der Waals surface area contributed by atoms with Crippen LogP contribution >= 0.6 is 7.82 Å². The predicted molar refractivity (Wildman–Crippen MR) is 129 cm³/mol. The van der Waals surface area contributed by atoms with E-state index in [1.54, 1.807) is 0 Å². The predicted octanol–water partition coefficient (Wildman–Crippen LogP) is -4.09. The Morgan fingerprint density at radius 3 is 2.45 bits per heavy atom. The maximum absolute atomic E-state index is 12.7. The molecule has 9 atom stereocenters. The average Bonchev–Trinajstić information content (AvgIpc) is 3.53. The SMILES string of the molecule is Nc1ccn(C2OC(CO)C(OP(=O)(O)OCC3OC(n4cnc5c(=O)[nH]c(N)nc54)C(O)C3O)C2O)c(=O)n1. The summed E-state index contributed by atoms with van der Waals surface area (Å²) in [5.74, 6) is -0.322. The molecule has 10 N–H and O–H groups in total. The molecule has 3 aromatic heterocycles. The van der Waals surface area contributed by atoms with Crippen LogP contribution in [0.3, 0.4) is 0 Å². The number of aromatic amines is 1. The molecule has 0 saturated carbocycles. The van der Waals surface area contributed by atoms with E-state index in [4.69, 9.17) is 30.0 Å². The molecular weight excluding hydrogens is 563 g/mol. The maximum Gasteiger partial charge on any atom is 0.472 e. The first-order valence-corrected chi connectivity index (χ1v) is 13.1. The van der Waals surface area contributed by atoms with Crippen LogP contribution in [0.4, 0.5) is 11.8 Å². The Kier molecular flexibility index (Phi) is 7.48. The van der Waals surface area contributed by atoms with Crippen LogP contribution in [0.1, 0.15) is 12.5 Å². The molecule has 40 heavy (non-hydrogen) atoms. The highest BCUT2D eigenvalue weighted by molar-refractivity contribution is 7.47. The molecule has 0 bridgehead atoms. The Morgan fingerprint density at radius 2 is 1.75 bits per heavy atom. The van der Waals surface area contributed by atoms with E-state index in [0.29, 0.717) is 0 Å². The monoisotopic (exact) mass is 588 g/mol. The number of nitrogen functional groups attached to an aromatic ring is 2. The lowest BCUT2D eigenvalue weighted by Gasteiger charge is -2.23. The Balaban J connectivity index is 1.27. The number of nitrogens with one attached hydrogen (secondary N) is 1. The number of phosphoric ester groups is 1. The smallest absolute Gasteiger partial charge is 0.394 e. The first-order valence-electron chi connectivity index (χ1n) is 11.6. The van der Waals surface area contributed by atoms with Gasteiger partial charge in [0.1, 0.15) is 42.4 Å². The van der Waals surface area contributed by atoms with E-state index in [9.17, 15) is 39.5 Å². The van der Waals surface area contributed by atoms with Crippen molar-refractivity contribution in [1.29, 1.82) is 0 Å². The van der Waals surface area contributed by atoms with Gasteiger partial charge < -0.3 is 46.3 Å². The van der Waals surface area contributed by atoms with Crippen LogP contribution in [0.2, 0.25) is 0 Å². The number of anilines is 2. The van der Waals surface area contributed by atoms with E-state index < -0.39 is 81.4 Å². The second kappa shape index (κ2) is 10.6. The summed E-state index contributed by atoms with van der Waals surface area (Å²) in [5, 5.41) is 41.3. The second-order valence-corrected chi connectivity index (χ2v) is 10.3. The summed E-state index contributed by atoms with van der Waals surface area (Å²) in [6, 6.07) is 1.25. The Hall–Kier alpha value is -3.30. The minimum atomic E-state index is -5.04. The number of phosphoric acid groups is 1. The van der Waals surface area contributed by atoms with Gasteiger partial charge in [0, 0.05) is 6.20 Å². The molecule has 0 amide bonds. The van der Waals surface area contributed by atoms with Crippen molar-refractivity contribution in [2.24, 2.45) is 0 Å². The van der Waals surface area contributed by atoms with Crippen molar-refractivity contribution in [2.75, 3.05) is 24.7 Å². The number of nitrogens with zero attached hydrogens (tertiary/aromatic N) is 5. The van der Waals surface area contributed by atoms with Crippen LogP contribution < -0.4 is 22.7 Å². The number of aliphatic hydroxyl groups excluding tert-OH is 4. The van der Waals surface area contributed by atoms with E-state index in [-0.39, 0.29) is 22.9 Å². The summed E-state index contributed by atoms with van der Waals surface area (Å²) in [5.41, 5.74) is 9.32. The number of H-pyrrole nitrogens is 1. The van der Waals surface area contributed by atoms with Crippen LogP contribution in [-0.2, 0) is 23.1 Å². The third kappa shape index (κ3) is 5.12. The Morgan fingerprint density at radius 1 is 1.05 bits per heavy atom. The Bertz CT molecular complexity index is 1560. The minimum Gasteiger partial charge on any atom is -0.394 e. The van der Waals surface area contributed by atoms with Gasteiger partial charge in [0.05, 0.1) is 19.5 Å². The van der Waals surface area contributed by atoms with Crippen LogP contribution in [-0.4, -0.2) is 104 Å². The topological polar surface area (TPSA) is 306 Å². The summed E-state index contributed by atoms with van der Waals surface area (Å²) in [6.45, 7) is -1.56. The van der Waals surface area contributed by atoms with Crippen LogP contribution in [0, 0.1) is 0 Å². The van der Waals surface area contributed by atoms with Crippen molar-refractivity contribution >= 4 is 30.8 Å². The molecule has 5 rings (SSSR count). The van der Waals surface area contributed by atoms with E-state index in [1.807, 2.05) is 0 Å². The van der Waals surface area contributed by atoms with Gasteiger partial charge in [-0.15, -0.1) is 0 Å². The summed E-state index contributed by atoms with van der Waals surface area (Å²) in [7, 11) is -5.04. The molecule has 0 aliphatic carbocycles. The van der Waals surface area contributed by atoms with Gasteiger partial charge in [-0.25, -0.2) is 14.3 Å². The number of rotatable bonds is 8. The van der Waals surface area contributed by atoms with E-state index in [1.165, 1.54) is 12.3 Å². The molecular formula is C19H25N8O12P. The molecule has 5 heterocycles. The van der Waals surface area contributed by atoms with Gasteiger partial charge in [0.25, 0.3) is 5.56 Å².